The van der Waals surface area contributed by atoms with Crippen LogP contribution in [0.15, 0.2) is 29.2 Å². The van der Waals surface area contributed by atoms with E-state index in [1.807, 2.05) is 6.07 Å². The molecule has 0 aromatic heterocycles. The Kier molecular flexibility index (Phi) is 3.84. The number of rotatable bonds is 2. The number of benzene rings is 1. The van der Waals surface area contributed by atoms with Crippen molar-refractivity contribution >= 4 is 22.6 Å². The third kappa shape index (κ3) is 2.38. The van der Waals surface area contributed by atoms with Crippen molar-refractivity contribution in [3.05, 3.63) is 29.8 Å². The van der Waals surface area contributed by atoms with Gasteiger partial charge >= 0.3 is 0 Å². The lowest BCUT2D eigenvalue weighted by Crippen LogP contribution is -2.40. The molecule has 106 valence electrons. The number of ether oxygens (including phenoxy) is 1. The van der Waals surface area contributed by atoms with Crippen LogP contribution in [-0.2, 0) is 15.5 Å². The van der Waals surface area contributed by atoms with Gasteiger partial charge in [-0.25, -0.2) is 0 Å². The highest BCUT2D eigenvalue weighted by molar-refractivity contribution is 8.11. The van der Waals surface area contributed by atoms with Gasteiger partial charge in [-0.3, -0.25) is 4.21 Å². The Morgan fingerprint density at radius 2 is 2.00 bits per heavy atom. The Labute approximate surface area is 123 Å². The average Bonchev–Trinajstić information content (AvgIpc) is 2.70. The molecule has 1 aromatic rings. The fraction of sp³-hybridized carbons (Fsp3) is 0.462. The average molecular weight is 311 g/mol. The predicted molar refractivity (Wildman–Crippen MR) is 74.5 cm³/mol. The minimum absolute atomic E-state index is 0.239. The van der Waals surface area contributed by atoms with Crippen LogP contribution in [0.2, 0.25) is 0 Å². The third-order valence-corrected chi connectivity index (χ3v) is 6.91. The molecule has 20 heavy (non-hydrogen) atoms. The zero-order valence-corrected chi connectivity index (χ0v) is 12.0. The quantitative estimate of drug-likeness (QED) is 0.812. The molecule has 7 heteroatoms. The van der Waals surface area contributed by atoms with E-state index in [4.69, 9.17) is 10.00 Å². The lowest BCUT2D eigenvalue weighted by molar-refractivity contribution is 0.0211. The Morgan fingerprint density at radius 3 is 2.65 bits per heavy atom. The van der Waals surface area contributed by atoms with Crippen molar-refractivity contribution in [3.63, 3.8) is 0 Å². The van der Waals surface area contributed by atoms with Gasteiger partial charge in [-0.05, 0) is 24.3 Å². The number of fused-ring (bicyclic) bond motifs is 2. The highest BCUT2D eigenvalue weighted by Gasteiger charge is 2.53. The summed E-state index contributed by atoms with van der Waals surface area (Å²) in [4.78, 5) is 0.859. The van der Waals surface area contributed by atoms with Crippen molar-refractivity contribution < 1.29 is 19.2 Å². The molecule has 3 rings (SSSR count). The van der Waals surface area contributed by atoms with Gasteiger partial charge in [-0.1, -0.05) is 0 Å². The van der Waals surface area contributed by atoms with Crippen molar-refractivity contribution in [2.24, 2.45) is 0 Å². The molecule has 0 saturated carbocycles. The van der Waals surface area contributed by atoms with Crippen LogP contribution >= 0.6 is 11.8 Å². The first kappa shape index (κ1) is 14.0. The molecule has 6 atom stereocenters. The number of nitrogens with zero attached hydrogens (tertiary/aromatic N) is 1. The van der Waals surface area contributed by atoms with Crippen LogP contribution in [0.3, 0.4) is 0 Å². The van der Waals surface area contributed by atoms with Gasteiger partial charge < -0.3 is 14.9 Å². The largest absolute Gasteiger partial charge is 0.388 e. The molecule has 2 bridgehead atoms. The lowest BCUT2D eigenvalue weighted by atomic mass is 10.1. The summed E-state index contributed by atoms with van der Waals surface area (Å²) in [6, 6.07) is 8.99. The van der Waals surface area contributed by atoms with Crippen molar-refractivity contribution in [1.82, 2.24) is 0 Å². The van der Waals surface area contributed by atoms with Gasteiger partial charge in [0.1, 0.15) is 22.9 Å². The zero-order chi connectivity index (χ0) is 14.3. The SMILES string of the molecule is N#Cc1ccc(S[C@@H]2[C@@H]3O[C@H](CS2=O)[C@@H](O)[C@@H]3O)cc1. The van der Waals surface area contributed by atoms with E-state index in [-0.39, 0.29) is 5.75 Å². The molecular formula is C13H13NO4S2. The molecule has 2 N–H and O–H groups in total. The Bertz CT molecular complexity index is 571. The molecule has 2 heterocycles. The second kappa shape index (κ2) is 5.47. The number of aliphatic hydroxyl groups is 2. The molecule has 2 fully saturated rings. The van der Waals surface area contributed by atoms with Crippen LogP contribution in [-0.4, -0.2) is 49.2 Å². The molecule has 0 spiro atoms. The van der Waals surface area contributed by atoms with Crippen molar-refractivity contribution in [1.29, 1.82) is 5.26 Å². The zero-order valence-electron chi connectivity index (χ0n) is 10.4. The van der Waals surface area contributed by atoms with E-state index in [9.17, 15) is 14.4 Å². The number of hydrogen-bond donors (Lipinski definition) is 2. The first-order valence-corrected chi connectivity index (χ1v) is 8.42. The fourth-order valence-corrected chi connectivity index (χ4v) is 5.64. The number of hydrogen-bond acceptors (Lipinski definition) is 6. The highest BCUT2D eigenvalue weighted by atomic mass is 32.2. The molecule has 2 saturated heterocycles. The molecule has 0 aliphatic carbocycles. The van der Waals surface area contributed by atoms with Crippen molar-refractivity contribution in [2.45, 2.75) is 33.9 Å². The topological polar surface area (TPSA) is 90.5 Å². The summed E-state index contributed by atoms with van der Waals surface area (Å²) in [5.74, 6) is 0.239. The highest BCUT2D eigenvalue weighted by Crippen LogP contribution is 2.39. The van der Waals surface area contributed by atoms with Crippen LogP contribution in [0, 0.1) is 11.3 Å². The summed E-state index contributed by atoms with van der Waals surface area (Å²) in [5.41, 5.74) is 0.562. The first-order valence-electron chi connectivity index (χ1n) is 6.16. The van der Waals surface area contributed by atoms with Crippen LogP contribution in [0.5, 0.6) is 0 Å². The first-order chi connectivity index (χ1) is 9.60. The lowest BCUT2D eigenvalue weighted by Gasteiger charge is -2.28. The van der Waals surface area contributed by atoms with Gasteiger partial charge in [0.25, 0.3) is 0 Å². The monoisotopic (exact) mass is 311 g/mol. The van der Waals surface area contributed by atoms with Gasteiger partial charge in [0.15, 0.2) is 0 Å². The molecule has 5 nitrogen and oxygen atoms in total. The summed E-state index contributed by atoms with van der Waals surface area (Å²) < 4.78 is 17.4. The minimum atomic E-state index is -1.17. The molecule has 0 amide bonds. The smallest absolute Gasteiger partial charge is 0.114 e. The molecule has 1 aromatic carbocycles. The number of thioether (sulfide) groups is 1. The molecular weight excluding hydrogens is 298 g/mol. The summed E-state index contributed by atoms with van der Waals surface area (Å²) in [5, 5.41) is 28.5. The number of nitriles is 1. The van der Waals surface area contributed by atoms with Crippen molar-refractivity contribution in [2.75, 3.05) is 5.75 Å². The Balaban J connectivity index is 1.79. The molecule has 0 radical (unpaired) electrons. The summed E-state index contributed by atoms with van der Waals surface area (Å²) in [6.07, 6.45) is -3.11. The van der Waals surface area contributed by atoms with E-state index in [1.165, 1.54) is 11.8 Å². The Hall–Kier alpha value is -0.910. The second-order valence-corrected chi connectivity index (χ2v) is 7.91. The normalized spacial score (nSPS) is 39.5. The molecule has 2 aliphatic rings. The predicted octanol–water partition coefficient (Wildman–Crippen LogP) is 0.228. The standard InChI is InChI=1S/C13H13NO4S2/c14-5-7-1-3-8(4-2-7)19-13-12-11(16)10(15)9(18-12)6-20(13)17/h1-4,9-13,15-16H,6H2/t9-,10-,11+,12-,13+,20?/m1/s1. The van der Waals surface area contributed by atoms with Crippen LogP contribution < -0.4 is 0 Å². The van der Waals surface area contributed by atoms with Gasteiger partial charge in [0, 0.05) is 15.7 Å². The van der Waals surface area contributed by atoms with E-state index in [0.29, 0.717) is 5.56 Å². The van der Waals surface area contributed by atoms with Gasteiger partial charge in [-0.15, -0.1) is 11.8 Å². The van der Waals surface area contributed by atoms with E-state index < -0.39 is 39.8 Å². The van der Waals surface area contributed by atoms with Gasteiger partial charge in [-0.2, -0.15) is 5.26 Å². The summed E-state index contributed by atoms with van der Waals surface area (Å²) in [6.45, 7) is 0. The van der Waals surface area contributed by atoms with E-state index in [0.717, 1.165) is 4.90 Å². The summed E-state index contributed by atoms with van der Waals surface area (Å²) >= 11 is 1.35. The van der Waals surface area contributed by atoms with E-state index in [1.54, 1.807) is 24.3 Å². The van der Waals surface area contributed by atoms with E-state index >= 15 is 0 Å². The second-order valence-electron chi connectivity index (χ2n) is 4.79. The maximum absolute atomic E-state index is 12.2. The van der Waals surface area contributed by atoms with Gasteiger partial charge in [0.05, 0.1) is 23.5 Å². The third-order valence-electron chi connectivity index (χ3n) is 3.49. The molecule has 2 aliphatic heterocycles. The summed E-state index contributed by atoms with van der Waals surface area (Å²) in [7, 11) is -1.17. The maximum atomic E-state index is 12.2. The minimum Gasteiger partial charge on any atom is -0.388 e. The van der Waals surface area contributed by atoms with Crippen LogP contribution in [0.1, 0.15) is 5.56 Å². The number of aliphatic hydroxyl groups excluding tert-OH is 2. The van der Waals surface area contributed by atoms with Crippen molar-refractivity contribution in [3.8, 4) is 6.07 Å². The van der Waals surface area contributed by atoms with E-state index in [2.05, 4.69) is 0 Å². The fourth-order valence-electron chi connectivity index (χ4n) is 2.41. The maximum Gasteiger partial charge on any atom is 0.114 e. The van der Waals surface area contributed by atoms with Crippen LogP contribution in [0.25, 0.3) is 0 Å². The van der Waals surface area contributed by atoms with Crippen LogP contribution in [0.4, 0.5) is 0 Å². The molecule has 1 unspecified atom stereocenters. The Morgan fingerprint density at radius 1 is 1.30 bits per heavy atom. The van der Waals surface area contributed by atoms with Gasteiger partial charge in [0.2, 0.25) is 0 Å².